The smallest absolute Gasteiger partial charge is 0.343 e. The second-order valence-electron chi connectivity index (χ2n) is 3.59. The van der Waals surface area contributed by atoms with Crippen LogP contribution in [0.1, 0.15) is 10.4 Å². The Balaban J connectivity index is 2.17. The minimum Gasteiger partial charge on any atom is -0.504 e. The summed E-state index contributed by atoms with van der Waals surface area (Å²) >= 11 is 0. The summed E-state index contributed by atoms with van der Waals surface area (Å²) in [5.74, 6) is -0.0636. The molecule has 0 heterocycles. The van der Waals surface area contributed by atoms with Gasteiger partial charge in [0.25, 0.3) is 0 Å². The van der Waals surface area contributed by atoms with Crippen LogP contribution < -0.4 is 9.47 Å². The summed E-state index contributed by atoms with van der Waals surface area (Å²) < 4.78 is 10.0. The monoisotopic (exact) mass is 244 g/mol. The number of phenolic OH excluding ortho intramolecular Hbond substituents is 1. The van der Waals surface area contributed by atoms with Crippen LogP contribution in [0.4, 0.5) is 0 Å². The van der Waals surface area contributed by atoms with Gasteiger partial charge in [0.1, 0.15) is 5.75 Å². The summed E-state index contributed by atoms with van der Waals surface area (Å²) in [5.41, 5.74) is 0.424. The fraction of sp³-hybridized carbons (Fsp3) is 0.0714. The summed E-state index contributed by atoms with van der Waals surface area (Å²) in [5, 5.41) is 9.66. The van der Waals surface area contributed by atoms with E-state index in [9.17, 15) is 9.90 Å². The van der Waals surface area contributed by atoms with E-state index < -0.39 is 5.97 Å². The lowest BCUT2D eigenvalue weighted by Gasteiger charge is -2.07. The largest absolute Gasteiger partial charge is 0.504 e. The predicted octanol–water partition coefficient (Wildman–Crippen LogP) is 2.62. The quantitative estimate of drug-likeness (QED) is 0.666. The van der Waals surface area contributed by atoms with Crippen molar-refractivity contribution in [3.8, 4) is 17.2 Å². The van der Waals surface area contributed by atoms with E-state index in [0.29, 0.717) is 11.3 Å². The molecule has 4 nitrogen and oxygen atoms in total. The van der Waals surface area contributed by atoms with Crippen molar-refractivity contribution in [2.45, 2.75) is 0 Å². The van der Waals surface area contributed by atoms with Gasteiger partial charge in [-0.05, 0) is 24.3 Å². The third-order valence-electron chi connectivity index (χ3n) is 2.38. The maximum atomic E-state index is 11.8. The van der Waals surface area contributed by atoms with Crippen molar-refractivity contribution in [1.29, 1.82) is 0 Å². The Labute approximate surface area is 104 Å². The molecule has 4 heteroatoms. The zero-order valence-electron chi connectivity index (χ0n) is 9.79. The van der Waals surface area contributed by atoms with Crippen LogP contribution in [0.3, 0.4) is 0 Å². The number of benzene rings is 2. The van der Waals surface area contributed by atoms with Gasteiger partial charge >= 0.3 is 5.97 Å². The van der Waals surface area contributed by atoms with E-state index >= 15 is 0 Å². The number of aromatic hydroxyl groups is 1. The van der Waals surface area contributed by atoms with Gasteiger partial charge in [-0.2, -0.15) is 0 Å². The van der Waals surface area contributed by atoms with Crippen molar-refractivity contribution in [1.82, 2.24) is 0 Å². The van der Waals surface area contributed by atoms with Gasteiger partial charge in [0.15, 0.2) is 11.5 Å². The van der Waals surface area contributed by atoms with Crippen molar-refractivity contribution in [2.75, 3.05) is 7.11 Å². The highest BCUT2D eigenvalue weighted by atomic mass is 16.5. The van der Waals surface area contributed by atoms with E-state index in [1.807, 2.05) is 6.07 Å². The molecule has 0 aliphatic rings. The van der Waals surface area contributed by atoms with E-state index in [1.165, 1.54) is 19.2 Å². The highest BCUT2D eigenvalue weighted by Gasteiger charge is 2.11. The standard InChI is InChI=1S/C14H12O4/c1-17-11-7-8-13(12(15)9-11)18-14(16)10-5-3-2-4-6-10/h2-9,15H,1H3. The normalized spacial score (nSPS) is 9.83. The fourth-order valence-corrected chi connectivity index (χ4v) is 1.44. The molecule has 0 atom stereocenters. The molecule has 2 aromatic rings. The number of hydrogen-bond acceptors (Lipinski definition) is 4. The molecule has 0 amide bonds. The minimum atomic E-state index is -0.518. The molecule has 1 N–H and O–H groups in total. The first-order valence-corrected chi connectivity index (χ1v) is 5.35. The van der Waals surface area contributed by atoms with Gasteiger partial charge in [0.2, 0.25) is 0 Å². The molecule has 0 fully saturated rings. The predicted molar refractivity (Wildman–Crippen MR) is 66.1 cm³/mol. The molecule has 92 valence electrons. The van der Waals surface area contributed by atoms with Crippen LogP contribution in [0.5, 0.6) is 17.2 Å². The van der Waals surface area contributed by atoms with Crippen molar-refractivity contribution in [3.05, 3.63) is 54.1 Å². The number of rotatable bonds is 3. The average Bonchev–Trinajstić information content (AvgIpc) is 2.42. The summed E-state index contributed by atoms with van der Waals surface area (Å²) in [7, 11) is 1.49. The Bertz CT molecular complexity index is 549. The van der Waals surface area contributed by atoms with Crippen LogP contribution in [0, 0.1) is 0 Å². The molecule has 0 saturated heterocycles. The van der Waals surface area contributed by atoms with Crippen molar-refractivity contribution in [3.63, 3.8) is 0 Å². The van der Waals surface area contributed by atoms with Crippen molar-refractivity contribution < 1.29 is 19.4 Å². The lowest BCUT2D eigenvalue weighted by atomic mass is 10.2. The van der Waals surface area contributed by atoms with E-state index in [2.05, 4.69) is 0 Å². The number of ether oxygens (including phenoxy) is 2. The molecule has 0 spiro atoms. The summed E-state index contributed by atoms with van der Waals surface area (Å²) in [6.07, 6.45) is 0. The zero-order chi connectivity index (χ0) is 13.0. The first kappa shape index (κ1) is 12.0. The molecule has 0 unspecified atom stereocenters. The summed E-state index contributed by atoms with van der Waals surface area (Å²) in [6, 6.07) is 13.0. The fourth-order valence-electron chi connectivity index (χ4n) is 1.44. The van der Waals surface area contributed by atoms with Gasteiger partial charge in [-0.15, -0.1) is 0 Å². The first-order valence-electron chi connectivity index (χ1n) is 5.35. The van der Waals surface area contributed by atoms with Gasteiger partial charge in [-0.25, -0.2) is 4.79 Å². The van der Waals surface area contributed by atoms with E-state index in [4.69, 9.17) is 9.47 Å². The van der Waals surface area contributed by atoms with Crippen LogP contribution in [-0.4, -0.2) is 18.2 Å². The first-order chi connectivity index (χ1) is 8.70. The number of esters is 1. The Morgan fingerprint density at radius 3 is 2.44 bits per heavy atom. The molecule has 0 aliphatic heterocycles. The molecule has 2 rings (SSSR count). The highest BCUT2D eigenvalue weighted by Crippen LogP contribution is 2.30. The van der Waals surface area contributed by atoms with Gasteiger partial charge in [-0.3, -0.25) is 0 Å². The van der Waals surface area contributed by atoms with Crippen LogP contribution in [0.15, 0.2) is 48.5 Å². The van der Waals surface area contributed by atoms with Crippen LogP contribution in [0.2, 0.25) is 0 Å². The van der Waals surface area contributed by atoms with E-state index in [0.717, 1.165) is 0 Å². The SMILES string of the molecule is COc1ccc(OC(=O)c2ccccc2)c(O)c1. The summed E-state index contributed by atoms with van der Waals surface area (Å²) in [6.45, 7) is 0. The zero-order valence-corrected chi connectivity index (χ0v) is 9.79. The minimum absolute atomic E-state index is 0.102. The molecule has 0 aromatic heterocycles. The van der Waals surface area contributed by atoms with Gasteiger partial charge < -0.3 is 14.6 Å². The highest BCUT2D eigenvalue weighted by molar-refractivity contribution is 5.91. The molecule has 0 aliphatic carbocycles. The second kappa shape index (κ2) is 5.23. The molecular weight excluding hydrogens is 232 g/mol. The molecule has 2 aromatic carbocycles. The maximum absolute atomic E-state index is 11.8. The van der Waals surface area contributed by atoms with Crippen LogP contribution in [0.25, 0.3) is 0 Å². The van der Waals surface area contributed by atoms with E-state index in [-0.39, 0.29) is 11.5 Å². The van der Waals surface area contributed by atoms with Gasteiger partial charge in [0.05, 0.1) is 12.7 Å². The number of methoxy groups -OCH3 is 1. The third kappa shape index (κ3) is 2.60. The maximum Gasteiger partial charge on any atom is 0.343 e. The van der Waals surface area contributed by atoms with Gasteiger partial charge in [-0.1, -0.05) is 18.2 Å². The molecule has 18 heavy (non-hydrogen) atoms. The lowest BCUT2D eigenvalue weighted by Crippen LogP contribution is -2.08. The number of hydrogen-bond donors (Lipinski definition) is 1. The van der Waals surface area contributed by atoms with Crippen molar-refractivity contribution >= 4 is 5.97 Å². The van der Waals surface area contributed by atoms with Gasteiger partial charge in [0, 0.05) is 6.07 Å². The molecular formula is C14H12O4. The third-order valence-corrected chi connectivity index (χ3v) is 2.38. The number of phenols is 1. The van der Waals surface area contributed by atoms with E-state index in [1.54, 1.807) is 30.3 Å². The lowest BCUT2D eigenvalue weighted by molar-refractivity contribution is 0.0729. The Morgan fingerprint density at radius 1 is 1.11 bits per heavy atom. The van der Waals surface area contributed by atoms with Crippen LogP contribution in [-0.2, 0) is 0 Å². The number of carbonyl (C=O) groups excluding carboxylic acids is 1. The Kier molecular flexibility index (Phi) is 3.48. The molecule has 0 saturated carbocycles. The molecule has 0 radical (unpaired) electrons. The second-order valence-corrected chi connectivity index (χ2v) is 3.59. The Morgan fingerprint density at radius 2 is 1.83 bits per heavy atom. The summed E-state index contributed by atoms with van der Waals surface area (Å²) in [4.78, 5) is 11.8. The Hall–Kier alpha value is -2.49. The van der Waals surface area contributed by atoms with Crippen LogP contribution >= 0.6 is 0 Å². The van der Waals surface area contributed by atoms with Crippen molar-refractivity contribution in [2.24, 2.45) is 0 Å². The average molecular weight is 244 g/mol. The molecule has 0 bridgehead atoms. The topological polar surface area (TPSA) is 55.8 Å². The number of carbonyl (C=O) groups is 1.